The summed E-state index contributed by atoms with van der Waals surface area (Å²) in [6.07, 6.45) is 3.40. The summed E-state index contributed by atoms with van der Waals surface area (Å²) < 4.78 is 5.87. The van der Waals surface area contributed by atoms with Gasteiger partial charge in [0.05, 0.1) is 11.9 Å². The zero-order chi connectivity index (χ0) is 15.8. The summed E-state index contributed by atoms with van der Waals surface area (Å²) in [5, 5.41) is 6.37. The number of benzene rings is 1. The minimum Gasteiger partial charge on any atom is -0.440 e. The lowest BCUT2D eigenvalue weighted by Gasteiger charge is -2.32. The molecule has 0 amide bonds. The Hall–Kier alpha value is -2.34. The number of aromatic amines is 1. The van der Waals surface area contributed by atoms with Crippen LogP contribution in [0.15, 0.2) is 39.7 Å². The van der Waals surface area contributed by atoms with Crippen molar-refractivity contribution in [2.75, 3.05) is 18.0 Å². The molecule has 0 bridgehead atoms. The minimum absolute atomic E-state index is 0.195. The molecule has 1 fully saturated rings. The molecule has 1 aliphatic rings. The Morgan fingerprint density at radius 2 is 2.04 bits per heavy atom. The molecule has 0 saturated carbocycles. The molecule has 2 aromatic heterocycles. The molecule has 1 aliphatic heterocycles. The van der Waals surface area contributed by atoms with Crippen molar-refractivity contribution in [3.63, 3.8) is 0 Å². The third kappa shape index (κ3) is 2.59. The zero-order valence-corrected chi connectivity index (χ0v) is 13.1. The number of halogens is 1. The number of hydrogen-bond donors (Lipinski definition) is 1. The molecule has 7 heteroatoms. The second-order valence-electron chi connectivity index (χ2n) is 5.68. The quantitative estimate of drug-likeness (QED) is 0.782. The van der Waals surface area contributed by atoms with E-state index in [2.05, 4.69) is 20.1 Å². The summed E-state index contributed by atoms with van der Waals surface area (Å²) in [6, 6.07) is 7.79. The Morgan fingerprint density at radius 1 is 1.26 bits per heavy atom. The summed E-state index contributed by atoms with van der Waals surface area (Å²) in [6.45, 7) is 1.57. The average Bonchev–Trinajstić information content (AvgIpc) is 3.02. The van der Waals surface area contributed by atoms with Crippen LogP contribution >= 0.6 is 11.6 Å². The van der Waals surface area contributed by atoms with E-state index in [0.717, 1.165) is 42.9 Å². The van der Waals surface area contributed by atoms with Crippen LogP contribution in [0.1, 0.15) is 24.7 Å². The number of para-hydroxylation sites is 2. The van der Waals surface area contributed by atoms with Crippen LogP contribution in [-0.2, 0) is 0 Å². The first kappa shape index (κ1) is 14.3. The van der Waals surface area contributed by atoms with Crippen molar-refractivity contribution in [3.05, 3.63) is 51.7 Å². The van der Waals surface area contributed by atoms with Gasteiger partial charge in [-0.1, -0.05) is 23.7 Å². The van der Waals surface area contributed by atoms with Crippen LogP contribution in [0, 0.1) is 0 Å². The van der Waals surface area contributed by atoms with Crippen LogP contribution in [0.2, 0.25) is 5.02 Å². The van der Waals surface area contributed by atoms with E-state index < -0.39 is 0 Å². The summed E-state index contributed by atoms with van der Waals surface area (Å²) >= 11 is 6.08. The number of oxazole rings is 1. The van der Waals surface area contributed by atoms with E-state index in [1.54, 1.807) is 6.20 Å². The Morgan fingerprint density at radius 3 is 2.83 bits per heavy atom. The Kier molecular flexibility index (Phi) is 3.53. The van der Waals surface area contributed by atoms with Crippen molar-refractivity contribution in [3.8, 4) is 0 Å². The highest BCUT2D eigenvalue weighted by atomic mass is 35.5. The van der Waals surface area contributed by atoms with E-state index in [4.69, 9.17) is 16.0 Å². The maximum absolute atomic E-state index is 11.6. The molecule has 1 aromatic carbocycles. The third-order valence-corrected chi connectivity index (χ3v) is 4.64. The average molecular weight is 331 g/mol. The van der Waals surface area contributed by atoms with E-state index in [0.29, 0.717) is 5.69 Å². The van der Waals surface area contributed by atoms with Gasteiger partial charge in [0.25, 0.3) is 5.56 Å². The second kappa shape index (κ2) is 5.70. The Labute approximate surface area is 137 Å². The van der Waals surface area contributed by atoms with Crippen LogP contribution in [0.4, 0.5) is 5.69 Å². The van der Waals surface area contributed by atoms with Crippen LogP contribution in [0.25, 0.3) is 11.1 Å². The highest BCUT2D eigenvalue weighted by Gasteiger charge is 2.26. The number of aromatic nitrogens is 3. The fourth-order valence-corrected chi connectivity index (χ4v) is 3.24. The van der Waals surface area contributed by atoms with E-state index >= 15 is 0 Å². The van der Waals surface area contributed by atoms with Crippen LogP contribution < -0.4 is 10.5 Å². The van der Waals surface area contributed by atoms with Gasteiger partial charge in [-0.3, -0.25) is 4.79 Å². The molecule has 23 heavy (non-hydrogen) atoms. The SMILES string of the molecule is O=c1[nH]ncc(N2CCC(c3nc4ccccc4o3)CC2)c1Cl. The third-order valence-electron chi connectivity index (χ3n) is 4.27. The van der Waals surface area contributed by atoms with E-state index in [1.165, 1.54) is 0 Å². The van der Waals surface area contributed by atoms with Crippen molar-refractivity contribution in [1.29, 1.82) is 0 Å². The Bertz CT molecular complexity index is 863. The van der Waals surface area contributed by atoms with E-state index in [1.807, 2.05) is 24.3 Å². The summed E-state index contributed by atoms with van der Waals surface area (Å²) in [5.74, 6) is 1.08. The van der Waals surface area contributed by atoms with E-state index in [-0.39, 0.29) is 16.5 Å². The minimum atomic E-state index is -0.356. The van der Waals surface area contributed by atoms with Crippen LogP contribution in [-0.4, -0.2) is 28.3 Å². The highest BCUT2D eigenvalue weighted by Crippen LogP contribution is 2.32. The molecule has 0 spiro atoms. The largest absolute Gasteiger partial charge is 0.440 e. The first-order chi connectivity index (χ1) is 11.2. The number of nitrogens with zero attached hydrogens (tertiary/aromatic N) is 3. The molecule has 0 radical (unpaired) electrons. The molecular formula is C16H15ClN4O2. The van der Waals surface area contributed by atoms with Gasteiger partial charge in [-0.15, -0.1) is 0 Å². The lowest BCUT2D eigenvalue weighted by molar-refractivity contribution is 0.407. The lowest BCUT2D eigenvalue weighted by atomic mass is 9.96. The number of fused-ring (bicyclic) bond motifs is 1. The molecule has 4 rings (SSSR count). The predicted octanol–water partition coefficient (Wildman–Crippen LogP) is 2.95. The monoisotopic (exact) mass is 330 g/mol. The van der Waals surface area contributed by atoms with Gasteiger partial charge in [0.1, 0.15) is 10.5 Å². The van der Waals surface area contributed by atoms with Crippen molar-refractivity contribution in [1.82, 2.24) is 15.2 Å². The fraction of sp³-hybridized carbons (Fsp3) is 0.312. The van der Waals surface area contributed by atoms with Crippen molar-refractivity contribution in [2.24, 2.45) is 0 Å². The van der Waals surface area contributed by atoms with Crippen molar-refractivity contribution < 1.29 is 4.42 Å². The first-order valence-corrected chi connectivity index (χ1v) is 7.94. The number of piperidine rings is 1. The number of nitrogens with one attached hydrogen (secondary N) is 1. The van der Waals surface area contributed by atoms with Gasteiger partial charge in [0.2, 0.25) is 0 Å². The van der Waals surface area contributed by atoms with Gasteiger partial charge in [-0.05, 0) is 25.0 Å². The molecular weight excluding hydrogens is 316 g/mol. The van der Waals surface area contributed by atoms with Crippen molar-refractivity contribution in [2.45, 2.75) is 18.8 Å². The Balaban J connectivity index is 1.52. The predicted molar refractivity (Wildman–Crippen MR) is 88.1 cm³/mol. The van der Waals surface area contributed by atoms with Crippen molar-refractivity contribution >= 4 is 28.4 Å². The standard InChI is InChI=1S/C16H15ClN4O2/c17-14-12(9-18-20-15(14)22)21-7-5-10(6-8-21)16-19-11-3-1-2-4-13(11)23-16/h1-4,9-10H,5-8H2,(H,20,22). The zero-order valence-electron chi connectivity index (χ0n) is 12.3. The number of hydrogen-bond acceptors (Lipinski definition) is 5. The topological polar surface area (TPSA) is 75.0 Å². The molecule has 0 unspecified atom stereocenters. The molecule has 118 valence electrons. The maximum Gasteiger partial charge on any atom is 0.285 e. The molecule has 0 aliphatic carbocycles. The van der Waals surface area contributed by atoms with Gasteiger partial charge in [-0.25, -0.2) is 10.1 Å². The second-order valence-corrected chi connectivity index (χ2v) is 6.06. The van der Waals surface area contributed by atoms with Gasteiger partial charge >= 0.3 is 0 Å². The van der Waals surface area contributed by atoms with Gasteiger partial charge in [0.15, 0.2) is 11.5 Å². The first-order valence-electron chi connectivity index (χ1n) is 7.56. The summed E-state index contributed by atoms with van der Waals surface area (Å²) in [7, 11) is 0. The molecule has 3 heterocycles. The smallest absolute Gasteiger partial charge is 0.285 e. The lowest BCUT2D eigenvalue weighted by Crippen LogP contribution is -2.34. The van der Waals surface area contributed by atoms with Gasteiger partial charge in [-0.2, -0.15) is 5.10 Å². The number of anilines is 1. The molecule has 3 aromatic rings. The highest BCUT2D eigenvalue weighted by molar-refractivity contribution is 6.32. The molecule has 1 N–H and O–H groups in total. The van der Waals surface area contributed by atoms with E-state index in [9.17, 15) is 4.79 Å². The van der Waals surface area contributed by atoms with Crippen LogP contribution in [0.5, 0.6) is 0 Å². The molecule has 0 atom stereocenters. The summed E-state index contributed by atoms with van der Waals surface area (Å²) in [5.41, 5.74) is 2.05. The summed E-state index contributed by atoms with van der Waals surface area (Å²) in [4.78, 5) is 18.2. The molecule has 1 saturated heterocycles. The number of H-pyrrole nitrogens is 1. The van der Waals surface area contributed by atoms with Gasteiger partial charge < -0.3 is 9.32 Å². The van der Waals surface area contributed by atoms with Crippen LogP contribution in [0.3, 0.4) is 0 Å². The molecule has 6 nitrogen and oxygen atoms in total. The normalized spacial score (nSPS) is 16.1. The number of rotatable bonds is 2. The fourth-order valence-electron chi connectivity index (χ4n) is 3.03. The van der Waals surface area contributed by atoms with Gasteiger partial charge in [0, 0.05) is 19.0 Å². The maximum atomic E-state index is 11.6.